The molecule has 0 bridgehead atoms. The monoisotopic (exact) mass is 171 g/mol. The van der Waals surface area contributed by atoms with Crippen LogP contribution in [-0.4, -0.2) is 35.5 Å². The molecule has 0 unspecified atom stereocenters. The summed E-state index contributed by atoms with van der Waals surface area (Å²) in [5.74, 6) is 0.0807. The van der Waals surface area contributed by atoms with Crippen molar-refractivity contribution in [1.29, 1.82) is 0 Å². The number of nitrogens with zero attached hydrogens (tertiary/aromatic N) is 1. The van der Waals surface area contributed by atoms with E-state index in [0.717, 1.165) is 19.3 Å². The van der Waals surface area contributed by atoms with Crippen LogP contribution < -0.4 is 0 Å². The lowest BCUT2D eigenvalue weighted by atomic mass is 10.0. The van der Waals surface area contributed by atoms with Gasteiger partial charge in [0.05, 0.1) is 12.0 Å². The second-order valence-electron chi connectivity index (χ2n) is 3.39. The molecule has 1 saturated carbocycles. The molecule has 2 atom stereocenters. The summed E-state index contributed by atoms with van der Waals surface area (Å²) in [7, 11) is 0. The summed E-state index contributed by atoms with van der Waals surface area (Å²) in [4.78, 5) is 12.9. The zero-order valence-corrected chi connectivity index (χ0v) is 6.90. The normalized spacial score (nSPS) is 35.4. The molecule has 0 aromatic rings. The highest BCUT2D eigenvalue weighted by Crippen LogP contribution is 2.32. The third-order valence-electron chi connectivity index (χ3n) is 2.70. The Balaban J connectivity index is 2.07. The minimum absolute atomic E-state index is 0.0194. The van der Waals surface area contributed by atoms with Crippen LogP contribution in [0.3, 0.4) is 0 Å². The van der Waals surface area contributed by atoms with Crippen molar-refractivity contribution < 1.29 is 14.6 Å². The minimum Gasteiger partial charge on any atom is -0.376 e. The van der Waals surface area contributed by atoms with Crippen molar-refractivity contribution in [3.63, 3.8) is 0 Å². The molecular weight excluding hydrogens is 158 g/mol. The van der Waals surface area contributed by atoms with Crippen molar-refractivity contribution in [2.24, 2.45) is 5.92 Å². The number of fused-ring (bicyclic) bond motifs is 1. The molecule has 1 heterocycles. The van der Waals surface area contributed by atoms with E-state index >= 15 is 0 Å². The van der Waals surface area contributed by atoms with Gasteiger partial charge in [0, 0.05) is 0 Å². The van der Waals surface area contributed by atoms with Crippen LogP contribution in [0, 0.1) is 5.92 Å². The molecule has 4 heteroatoms. The van der Waals surface area contributed by atoms with E-state index in [1.807, 2.05) is 0 Å². The van der Waals surface area contributed by atoms with Gasteiger partial charge in [0.1, 0.15) is 13.5 Å². The van der Waals surface area contributed by atoms with Gasteiger partial charge in [-0.15, -0.1) is 0 Å². The summed E-state index contributed by atoms with van der Waals surface area (Å²) in [6.07, 6.45) is 3.11. The summed E-state index contributed by atoms with van der Waals surface area (Å²) in [5.41, 5.74) is 0. The molecule has 12 heavy (non-hydrogen) atoms. The van der Waals surface area contributed by atoms with Crippen LogP contribution in [0.25, 0.3) is 0 Å². The highest BCUT2D eigenvalue weighted by atomic mass is 16.5. The van der Waals surface area contributed by atoms with E-state index in [9.17, 15) is 4.79 Å². The highest BCUT2D eigenvalue weighted by molar-refractivity contribution is 5.80. The van der Waals surface area contributed by atoms with Crippen LogP contribution in [0.2, 0.25) is 0 Å². The van der Waals surface area contributed by atoms with Gasteiger partial charge in [-0.1, -0.05) is 0 Å². The Morgan fingerprint density at radius 2 is 2.42 bits per heavy atom. The fourth-order valence-corrected chi connectivity index (χ4v) is 2.00. The Morgan fingerprint density at radius 1 is 1.58 bits per heavy atom. The molecular formula is C8H13NO3. The second-order valence-corrected chi connectivity index (χ2v) is 3.39. The van der Waals surface area contributed by atoms with Gasteiger partial charge in [0.15, 0.2) is 0 Å². The number of aliphatic hydroxyl groups is 1. The summed E-state index contributed by atoms with van der Waals surface area (Å²) >= 11 is 0. The molecule has 4 nitrogen and oxygen atoms in total. The van der Waals surface area contributed by atoms with Crippen molar-refractivity contribution in [2.45, 2.75) is 25.4 Å². The first-order valence-corrected chi connectivity index (χ1v) is 4.34. The maximum atomic E-state index is 11.5. The van der Waals surface area contributed by atoms with Crippen LogP contribution in [0.1, 0.15) is 19.3 Å². The summed E-state index contributed by atoms with van der Waals surface area (Å²) in [6, 6.07) is 0. The Labute approximate surface area is 71.1 Å². The predicted molar refractivity (Wildman–Crippen MR) is 41.0 cm³/mol. The van der Waals surface area contributed by atoms with E-state index in [-0.39, 0.29) is 31.4 Å². The van der Waals surface area contributed by atoms with Crippen molar-refractivity contribution in [1.82, 2.24) is 4.90 Å². The van der Waals surface area contributed by atoms with Gasteiger partial charge in [-0.3, -0.25) is 9.69 Å². The first-order valence-electron chi connectivity index (χ1n) is 4.34. The number of carbonyl (C=O) groups excluding carboxylic acids is 1. The van der Waals surface area contributed by atoms with Gasteiger partial charge in [0.2, 0.25) is 5.91 Å². The number of amides is 1. The number of rotatable bonds is 1. The molecule has 1 aliphatic heterocycles. The predicted octanol–water partition coefficient (Wildman–Crippen LogP) is -0.0788. The van der Waals surface area contributed by atoms with E-state index in [0.29, 0.717) is 0 Å². The van der Waals surface area contributed by atoms with Crippen molar-refractivity contribution in [3.8, 4) is 0 Å². The molecule has 1 saturated heterocycles. The standard InChI is InChI=1S/C8H13NO3/c10-4-9-5-12-7-3-1-2-6(7)8(9)11/h6-7,10H,1-5H2/t6-,7+/m1/s1. The average molecular weight is 171 g/mol. The zero-order chi connectivity index (χ0) is 8.55. The number of hydrogen-bond donors (Lipinski definition) is 1. The quantitative estimate of drug-likeness (QED) is 0.600. The lowest BCUT2D eigenvalue weighted by Gasteiger charge is -2.33. The van der Waals surface area contributed by atoms with E-state index in [1.165, 1.54) is 4.90 Å². The SMILES string of the molecule is O=C1[C@@H]2CCC[C@@H]2OCN1CO. The van der Waals surface area contributed by atoms with Crippen molar-refractivity contribution in [2.75, 3.05) is 13.5 Å². The van der Waals surface area contributed by atoms with E-state index in [1.54, 1.807) is 0 Å². The van der Waals surface area contributed by atoms with Crippen LogP contribution in [0.4, 0.5) is 0 Å². The smallest absolute Gasteiger partial charge is 0.231 e. The Hall–Kier alpha value is -0.610. The Kier molecular flexibility index (Phi) is 2.02. The molecule has 1 N–H and O–H groups in total. The third-order valence-corrected chi connectivity index (χ3v) is 2.70. The van der Waals surface area contributed by atoms with Gasteiger partial charge >= 0.3 is 0 Å². The van der Waals surface area contributed by atoms with Gasteiger partial charge < -0.3 is 9.84 Å². The minimum atomic E-state index is -0.220. The van der Waals surface area contributed by atoms with Crippen LogP contribution >= 0.6 is 0 Å². The Morgan fingerprint density at radius 3 is 3.17 bits per heavy atom. The molecule has 0 aromatic carbocycles. The van der Waals surface area contributed by atoms with Crippen molar-refractivity contribution in [3.05, 3.63) is 0 Å². The second kappa shape index (κ2) is 3.03. The third kappa shape index (κ3) is 1.11. The molecule has 2 rings (SSSR count). The average Bonchev–Trinajstić information content (AvgIpc) is 2.53. The van der Waals surface area contributed by atoms with E-state index in [2.05, 4.69) is 0 Å². The number of carbonyl (C=O) groups is 1. The van der Waals surface area contributed by atoms with E-state index < -0.39 is 0 Å². The highest BCUT2D eigenvalue weighted by Gasteiger charge is 2.39. The molecule has 0 radical (unpaired) electrons. The van der Waals surface area contributed by atoms with E-state index in [4.69, 9.17) is 9.84 Å². The van der Waals surface area contributed by atoms with Crippen molar-refractivity contribution >= 4 is 5.91 Å². The maximum Gasteiger partial charge on any atom is 0.231 e. The fourth-order valence-electron chi connectivity index (χ4n) is 2.00. The number of hydrogen-bond acceptors (Lipinski definition) is 3. The number of ether oxygens (including phenoxy) is 1. The maximum absolute atomic E-state index is 11.5. The first kappa shape index (κ1) is 8.01. The van der Waals surface area contributed by atoms with Crippen LogP contribution in [0.5, 0.6) is 0 Å². The topological polar surface area (TPSA) is 49.8 Å². The van der Waals surface area contributed by atoms with Crippen LogP contribution in [-0.2, 0) is 9.53 Å². The Bertz CT molecular complexity index is 195. The first-order chi connectivity index (χ1) is 5.83. The molecule has 0 spiro atoms. The van der Waals surface area contributed by atoms with Gasteiger partial charge in [-0.2, -0.15) is 0 Å². The summed E-state index contributed by atoms with van der Waals surface area (Å²) in [6.45, 7) is 0.0402. The molecule has 1 aliphatic carbocycles. The molecule has 2 aliphatic rings. The van der Waals surface area contributed by atoms with Gasteiger partial charge in [0.25, 0.3) is 0 Å². The molecule has 0 aromatic heterocycles. The van der Waals surface area contributed by atoms with Gasteiger partial charge in [-0.25, -0.2) is 0 Å². The molecule has 68 valence electrons. The molecule has 2 fully saturated rings. The zero-order valence-electron chi connectivity index (χ0n) is 6.90. The lowest BCUT2D eigenvalue weighted by Crippen LogP contribution is -2.47. The number of aliphatic hydroxyl groups excluding tert-OH is 1. The fraction of sp³-hybridized carbons (Fsp3) is 0.875. The largest absolute Gasteiger partial charge is 0.376 e. The summed E-state index contributed by atoms with van der Waals surface area (Å²) in [5, 5.41) is 8.81. The summed E-state index contributed by atoms with van der Waals surface area (Å²) < 4.78 is 5.42. The van der Waals surface area contributed by atoms with Gasteiger partial charge in [-0.05, 0) is 19.3 Å². The van der Waals surface area contributed by atoms with Crippen LogP contribution in [0.15, 0.2) is 0 Å². The molecule has 1 amide bonds. The lowest BCUT2D eigenvalue weighted by molar-refractivity contribution is -0.169.